The van der Waals surface area contributed by atoms with Crippen molar-refractivity contribution in [2.75, 3.05) is 5.32 Å². The van der Waals surface area contributed by atoms with Crippen LogP contribution in [0, 0.1) is 5.92 Å². The summed E-state index contributed by atoms with van der Waals surface area (Å²) in [4.78, 5) is 0. The second kappa shape index (κ2) is 4.35. The Kier molecular flexibility index (Phi) is 3.12. The molecule has 14 heavy (non-hydrogen) atoms. The Morgan fingerprint density at radius 1 is 1.36 bits per heavy atom. The summed E-state index contributed by atoms with van der Waals surface area (Å²) in [6.45, 7) is 2.34. The van der Waals surface area contributed by atoms with Crippen molar-refractivity contribution in [1.29, 1.82) is 0 Å². The zero-order valence-electron chi connectivity index (χ0n) is 8.46. The second-order valence-electron chi connectivity index (χ2n) is 4.27. The first-order valence-electron chi connectivity index (χ1n) is 5.26. The van der Waals surface area contributed by atoms with Gasteiger partial charge in [0, 0.05) is 16.2 Å². The van der Waals surface area contributed by atoms with Gasteiger partial charge in [-0.1, -0.05) is 28.9 Å². The van der Waals surface area contributed by atoms with E-state index in [1.54, 1.807) is 0 Å². The summed E-state index contributed by atoms with van der Waals surface area (Å²) >= 11 is 3.48. The van der Waals surface area contributed by atoms with Gasteiger partial charge in [-0.05, 0) is 43.4 Å². The van der Waals surface area contributed by atoms with Crippen molar-refractivity contribution < 1.29 is 0 Å². The van der Waals surface area contributed by atoms with Crippen LogP contribution >= 0.6 is 15.9 Å². The molecule has 0 aliphatic heterocycles. The van der Waals surface area contributed by atoms with E-state index in [1.807, 2.05) is 0 Å². The number of hydrogen-bond donors (Lipinski definition) is 1. The van der Waals surface area contributed by atoms with Gasteiger partial charge in [0.15, 0.2) is 0 Å². The molecule has 2 unspecified atom stereocenters. The van der Waals surface area contributed by atoms with Crippen LogP contribution in [0.2, 0.25) is 0 Å². The highest BCUT2D eigenvalue weighted by Gasteiger charge is 2.20. The monoisotopic (exact) mass is 253 g/mol. The van der Waals surface area contributed by atoms with Crippen LogP contribution in [0.4, 0.5) is 5.69 Å². The Morgan fingerprint density at radius 2 is 2.21 bits per heavy atom. The quantitative estimate of drug-likeness (QED) is 0.839. The van der Waals surface area contributed by atoms with Gasteiger partial charge in [-0.25, -0.2) is 0 Å². The molecule has 1 N–H and O–H groups in total. The van der Waals surface area contributed by atoms with Gasteiger partial charge >= 0.3 is 0 Å². The van der Waals surface area contributed by atoms with Crippen LogP contribution in [0.15, 0.2) is 28.7 Å². The van der Waals surface area contributed by atoms with Gasteiger partial charge in [-0.15, -0.1) is 0 Å². The lowest BCUT2D eigenvalue weighted by Crippen LogP contribution is -2.14. The van der Waals surface area contributed by atoms with E-state index in [2.05, 4.69) is 52.4 Å². The zero-order valence-corrected chi connectivity index (χ0v) is 10.0. The molecule has 1 saturated carbocycles. The van der Waals surface area contributed by atoms with Crippen molar-refractivity contribution in [3.63, 3.8) is 0 Å². The summed E-state index contributed by atoms with van der Waals surface area (Å²) in [6.07, 6.45) is 3.99. The zero-order chi connectivity index (χ0) is 9.97. The predicted octanol–water partition coefficient (Wildman–Crippen LogP) is 4.05. The molecule has 1 nitrogen and oxygen atoms in total. The van der Waals surface area contributed by atoms with E-state index >= 15 is 0 Å². The number of nitrogens with one attached hydrogen (secondary N) is 1. The molecule has 2 atom stereocenters. The largest absolute Gasteiger partial charge is 0.382 e. The summed E-state index contributed by atoms with van der Waals surface area (Å²) in [5, 5.41) is 3.58. The molecule has 1 aliphatic rings. The van der Waals surface area contributed by atoms with Gasteiger partial charge < -0.3 is 5.32 Å². The van der Waals surface area contributed by atoms with Crippen LogP contribution in [0.1, 0.15) is 26.2 Å². The molecule has 0 amide bonds. The van der Waals surface area contributed by atoms with E-state index in [0.717, 1.165) is 10.4 Å². The summed E-state index contributed by atoms with van der Waals surface area (Å²) in [7, 11) is 0. The molecule has 1 fully saturated rings. The number of benzene rings is 1. The Hall–Kier alpha value is -0.500. The van der Waals surface area contributed by atoms with Gasteiger partial charge in [0.1, 0.15) is 0 Å². The normalized spacial score (nSPS) is 26.4. The molecular formula is C12H16BrN. The van der Waals surface area contributed by atoms with E-state index in [-0.39, 0.29) is 0 Å². The molecule has 1 aliphatic carbocycles. The molecule has 0 spiro atoms. The Morgan fingerprint density at radius 3 is 2.86 bits per heavy atom. The third-order valence-corrected chi connectivity index (χ3v) is 3.38. The molecule has 0 radical (unpaired) electrons. The average molecular weight is 254 g/mol. The molecule has 0 bridgehead atoms. The fourth-order valence-corrected chi connectivity index (χ4v) is 2.55. The maximum atomic E-state index is 3.58. The van der Waals surface area contributed by atoms with Gasteiger partial charge in [0.05, 0.1) is 0 Å². The highest BCUT2D eigenvalue weighted by atomic mass is 79.9. The van der Waals surface area contributed by atoms with Crippen molar-refractivity contribution in [3.8, 4) is 0 Å². The lowest BCUT2D eigenvalue weighted by Gasteiger charge is -2.13. The minimum Gasteiger partial charge on any atom is -0.382 e. The first-order chi connectivity index (χ1) is 6.74. The van der Waals surface area contributed by atoms with Crippen LogP contribution in [0.3, 0.4) is 0 Å². The lowest BCUT2D eigenvalue weighted by atomic mass is 10.1. The third kappa shape index (κ3) is 2.50. The van der Waals surface area contributed by atoms with E-state index in [4.69, 9.17) is 0 Å². The van der Waals surface area contributed by atoms with Crippen molar-refractivity contribution in [2.24, 2.45) is 5.92 Å². The van der Waals surface area contributed by atoms with Crippen molar-refractivity contribution in [2.45, 2.75) is 32.2 Å². The van der Waals surface area contributed by atoms with Crippen molar-refractivity contribution in [3.05, 3.63) is 28.7 Å². The maximum absolute atomic E-state index is 3.58. The summed E-state index contributed by atoms with van der Waals surface area (Å²) in [5.74, 6) is 0.889. The smallest absolute Gasteiger partial charge is 0.0353 e. The van der Waals surface area contributed by atoms with E-state index in [9.17, 15) is 0 Å². The molecule has 0 saturated heterocycles. The van der Waals surface area contributed by atoms with E-state index in [1.165, 1.54) is 24.9 Å². The van der Waals surface area contributed by atoms with E-state index in [0.29, 0.717) is 6.04 Å². The molecule has 76 valence electrons. The van der Waals surface area contributed by atoms with Crippen LogP contribution in [-0.4, -0.2) is 6.04 Å². The number of anilines is 1. The summed E-state index contributed by atoms with van der Waals surface area (Å²) < 4.78 is 1.15. The molecule has 1 aromatic rings. The Labute approximate surface area is 94.0 Å². The van der Waals surface area contributed by atoms with Crippen LogP contribution < -0.4 is 5.32 Å². The summed E-state index contributed by atoms with van der Waals surface area (Å²) in [6, 6.07) is 9.09. The maximum Gasteiger partial charge on any atom is 0.0353 e. The molecule has 1 aromatic carbocycles. The second-order valence-corrected chi connectivity index (χ2v) is 5.19. The molecular weight excluding hydrogens is 238 g/mol. The van der Waals surface area contributed by atoms with E-state index < -0.39 is 0 Å². The number of halogens is 1. The van der Waals surface area contributed by atoms with Crippen molar-refractivity contribution >= 4 is 21.6 Å². The minimum absolute atomic E-state index is 0.680. The fraction of sp³-hybridized carbons (Fsp3) is 0.500. The van der Waals surface area contributed by atoms with Crippen LogP contribution in [-0.2, 0) is 0 Å². The molecule has 0 aromatic heterocycles. The van der Waals surface area contributed by atoms with Gasteiger partial charge in [0.2, 0.25) is 0 Å². The topological polar surface area (TPSA) is 12.0 Å². The van der Waals surface area contributed by atoms with Crippen LogP contribution in [0.5, 0.6) is 0 Å². The average Bonchev–Trinajstić information content (AvgIpc) is 2.51. The lowest BCUT2D eigenvalue weighted by molar-refractivity contribution is 0.602. The highest BCUT2D eigenvalue weighted by molar-refractivity contribution is 9.10. The number of rotatable bonds is 2. The number of hydrogen-bond acceptors (Lipinski definition) is 1. The van der Waals surface area contributed by atoms with Gasteiger partial charge in [0.25, 0.3) is 0 Å². The first kappa shape index (κ1) is 10.0. The predicted molar refractivity (Wildman–Crippen MR) is 64.6 cm³/mol. The Balaban J connectivity index is 1.97. The van der Waals surface area contributed by atoms with Gasteiger partial charge in [-0.2, -0.15) is 0 Å². The molecule has 2 rings (SSSR count). The SMILES string of the molecule is CC1CCC(Nc2cccc(Br)c2)C1. The van der Waals surface area contributed by atoms with Gasteiger partial charge in [-0.3, -0.25) is 0 Å². The van der Waals surface area contributed by atoms with Crippen LogP contribution in [0.25, 0.3) is 0 Å². The summed E-state index contributed by atoms with van der Waals surface area (Å²) in [5.41, 5.74) is 1.23. The van der Waals surface area contributed by atoms with Crippen molar-refractivity contribution in [1.82, 2.24) is 0 Å². The highest BCUT2D eigenvalue weighted by Crippen LogP contribution is 2.28. The Bertz CT molecular complexity index is 311. The third-order valence-electron chi connectivity index (χ3n) is 2.89. The minimum atomic E-state index is 0.680. The fourth-order valence-electron chi connectivity index (χ4n) is 2.15. The molecule has 0 heterocycles. The first-order valence-corrected chi connectivity index (χ1v) is 6.05. The molecule has 2 heteroatoms. The standard InChI is InChI=1S/C12H16BrN/c1-9-5-6-12(7-9)14-11-4-2-3-10(13)8-11/h2-4,8-9,12,14H,5-7H2,1H3.